The van der Waals surface area contributed by atoms with Gasteiger partial charge in [0, 0.05) is 25.3 Å². The van der Waals surface area contributed by atoms with E-state index in [0.29, 0.717) is 5.82 Å². The number of hydrogen-bond acceptors (Lipinski definition) is 5. The standard InChI is InChI=1S/C24H22N6O/c1-29(2)20-15-13-18(14-16-20)17-25-27-24(31)22-26-23(19-9-5-3-6-10-19)30(28-22)21-11-7-4-8-12-21/h3-17H,1-2H3,(H,27,31). The van der Waals surface area contributed by atoms with E-state index in [4.69, 9.17) is 0 Å². The van der Waals surface area contributed by atoms with Crippen molar-refractivity contribution in [2.24, 2.45) is 5.10 Å². The molecule has 0 saturated carbocycles. The molecule has 4 aromatic rings. The minimum atomic E-state index is -0.479. The van der Waals surface area contributed by atoms with E-state index in [1.54, 1.807) is 10.9 Å². The molecule has 0 atom stereocenters. The van der Waals surface area contributed by atoms with Crippen LogP contribution in [0.25, 0.3) is 17.1 Å². The molecule has 0 saturated heterocycles. The molecule has 7 heteroatoms. The highest BCUT2D eigenvalue weighted by molar-refractivity contribution is 5.92. The number of benzene rings is 3. The minimum absolute atomic E-state index is 0.0443. The molecule has 3 aromatic carbocycles. The van der Waals surface area contributed by atoms with Crippen LogP contribution in [0.3, 0.4) is 0 Å². The van der Waals surface area contributed by atoms with Crippen molar-refractivity contribution in [2.45, 2.75) is 0 Å². The number of anilines is 1. The third-order valence-electron chi connectivity index (χ3n) is 4.63. The van der Waals surface area contributed by atoms with Gasteiger partial charge in [0.25, 0.3) is 0 Å². The third kappa shape index (κ3) is 4.67. The Morgan fingerprint density at radius 3 is 2.23 bits per heavy atom. The van der Waals surface area contributed by atoms with Gasteiger partial charge in [-0.05, 0) is 29.8 Å². The van der Waals surface area contributed by atoms with Crippen molar-refractivity contribution in [2.75, 3.05) is 19.0 Å². The van der Waals surface area contributed by atoms with E-state index in [1.165, 1.54) is 0 Å². The average molecular weight is 410 g/mol. The summed E-state index contributed by atoms with van der Waals surface area (Å²) < 4.78 is 1.66. The first-order valence-corrected chi connectivity index (χ1v) is 9.80. The van der Waals surface area contributed by atoms with E-state index in [0.717, 1.165) is 22.5 Å². The molecule has 1 N–H and O–H groups in total. The van der Waals surface area contributed by atoms with Gasteiger partial charge in [0.15, 0.2) is 5.82 Å². The summed E-state index contributed by atoms with van der Waals surface area (Å²) in [5.41, 5.74) is 6.15. The second-order valence-corrected chi connectivity index (χ2v) is 7.06. The summed E-state index contributed by atoms with van der Waals surface area (Å²) in [6, 6.07) is 27.1. The van der Waals surface area contributed by atoms with Crippen molar-refractivity contribution >= 4 is 17.8 Å². The Labute approximate surface area is 180 Å². The minimum Gasteiger partial charge on any atom is -0.378 e. The lowest BCUT2D eigenvalue weighted by Crippen LogP contribution is -2.19. The zero-order chi connectivity index (χ0) is 21.6. The molecular weight excluding hydrogens is 388 g/mol. The van der Waals surface area contributed by atoms with Crippen LogP contribution in [0, 0.1) is 0 Å². The monoisotopic (exact) mass is 410 g/mol. The van der Waals surface area contributed by atoms with Gasteiger partial charge in [0.05, 0.1) is 11.9 Å². The van der Waals surface area contributed by atoms with Crippen molar-refractivity contribution in [1.82, 2.24) is 20.2 Å². The van der Waals surface area contributed by atoms with Crippen LogP contribution in [-0.4, -0.2) is 41.0 Å². The number of carbonyl (C=O) groups is 1. The lowest BCUT2D eigenvalue weighted by Gasteiger charge is -2.11. The molecule has 4 rings (SSSR count). The van der Waals surface area contributed by atoms with Crippen LogP contribution in [0.2, 0.25) is 0 Å². The summed E-state index contributed by atoms with van der Waals surface area (Å²) in [6.45, 7) is 0. The Kier molecular flexibility index (Phi) is 5.84. The predicted molar refractivity (Wildman–Crippen MR) is 123 cm³/mol. The molecule has 0 spiro atoms. The Hall–Kier alpha value is -4.26. The highest BCUT2D eigenvalue weighted by atomic mass is 16.2. The van der Waals surface area contributed by atoms with E-state index in [1.807, 2.05) is 104 Å². The summed E-state index contributed by atoms with van der Waals surface area (Å²) >= 11 is 0. The molecular formula is C24H22N6O. The second-order valence-electron chi connectivity index (χ2n) is 7.06. The fraction of sp³-hybridized carbons (Fsp3) is 0.0833. The van der Waals surface area contributed by atoms with Gasteiger partial charge in [-0.1, -0.05) is 60.7 Å². The number of aromatic nitrogens is 3. The Bertz CT molecular complexity index is 1120. The van der Waals surface area contributed by atoms with Crippen LogP contribution in [0.4, 0.5) is 5.69 Å². The smallest absolute Gasteiger partial charge is 0.311 e. The third-order valence-corrected chi connectivity index (χ3v) is 4.63. The zero-order valence-corrected chi connectivity index (χ0v) is 17.3. The zero-order valence-electron chi connectivity index (χ0n) is 17.3. The summed E-state index contributed by atoms with van der Waals surface area (Å²) in [5, 5.41) is 8.48. The van der Waals surface area contributed by atoms with Crippen LogP contribution in [0.15, 0.2) is 90.0 Å². The van der Waals surface area contributed by atoms with Crippen molar-refractivity contribution < 1.29 is 4.79 Å². The number of para-hydroxylation sites is 1. The number of hydrogen-bond donors (Lipinski definition) is 1. The molecule has 0 aliphatic rings. The highest BCUT2D eigenvalue weighted by Crippen LogP contribution is 2.21. The van der Waals surface area contributed by atoms with Gasteiger partial charge in [-0.3, -0.25) is 4.79 Å². The normalized spacial score (nSPS) is 10.9. The van der Waals surface area contributed by atoms with Gasteiger partial charge in [-0.15, -0.1) is 5.10 Å². The summed E-state index contributed by atoms with van der Waals surface area (Å²) in [4.78, 5) is 19.1. The van der Waals surface area contributed by atoms with Crippen molar-refractivity contribution in [1.29, 1.82) is 0 Å². The fourth-order valence-electron chi connectivity index (χ4n) is 3.01. The van der Waals surface area contributed by atoms with Crippen LogP contribution >= 0.6 is 0 Å². The highest BCUT2D eigenvalue weighted by Gasteiger charge is 2.18. The quantitative estimate of drug-likeness (QED) is 0.388. The van der Waals surface area contributed by atoms with Crippen LogP contribution < -0.4 is 10.3 Å². The summed E-state index contributed by atoms with van der Waals surface area (Å²) in [5.74, 6) is 0.149. The molecule has 0 bridgehead atoms. The summed E-state index contributed by atoms with van der Waals surface area (Å²) in [6.07, 6.45) is 1.59. The Balaban J connectivity index is 1.56. The van der Waals surface area contributed by atoms with Crippen LogP contribution in [-0.2, 0) is 0 Å². The van der Waals surface area contributed by atoms with E-state index >= 15 is 0 Å². The first-order valence-electron chi connectivity index (χ1n) is 9.80. The first-order chi connectivity index (χ1) is 15.1. The topological polar surface area (TPSA) is 75.4 Å². The number of amides is 1. The molecule has 0 aliphatic carbocycles. The van der Waals surface area contributed by atoms with E-state index in [2.05, 4.69) is 20.6 Å². The Morgan fingerprint density at radius 1 is 0.935 bits per heavy atom. The maximum Gasteiger partial charge on any atom is 0.311 e. The van der Waals surface area contributed by atoms with Gasteiger partial charge < -0.3 is 4.90 Å². The molecule has 31 heavy (non-hydrogen) atoms. The maximum absolute atomic E-state index is 12.6. The largest absolute Gasteiger partial charge is 0.378 e. The number of rotatable bonds is 6. The molecule has 154 valence electrons. The van der Waals surface area contributed by atoms with Crippen molar-refractivity contribution in [3.63, 3.8) is 0 Å². The average Bonchev–Trinajstić information content (AvgIpc) is 3.26. The molecule has 0 aliphatic heterocycles. The lowest BCUT2D eigenvalue weighted by atomic mass is 10.2. The predicted octanol–water partition coefficient (Wildman–Crippen LogP) is 3.76. The fourth-order valence-corrected chi connectivity index (χ4v) is 3.01. The van der Waals surface area contributed by atoms with Gasteiger partial charge in [-0.25, -0.2) is 15.1 Å². The number of carbonyl (C=O) groups excluding carboxylic acids is 1. The first kappa shape index (κ1) is 20.0. The van der Waals surface area contributed by atoms with Gasteiger partial charge in [0.1, 0.15) is 0 Å². The molecule has 1 amide bonds. The van der Waals surface area contributed by atoms with Crippen LogP contribution in [0.1, 0.15) is 16.2 Å². The van der Waals surface area contributed by atoms with Crippen molar-refractivity contribution in [3.8, 4) is 17.1 Å². The summed E-state index contributed by atoms with van der Waals surface area (Å²) in [7, 11) is 3.96. The maximum atomic E-state index is 12.6. The molecule has 0 radical (unpaired) electrons. The molecule has 7 nitrogen and oxygen atoms in total. The van der Waals surface area contributed by atoms with E-state index < -0.39 is 5.91 Å². The second kappa shape index (κ2) is 9.04. The molecule has 0 fully saturated rings. The molecule has 1 aromatic heterocycles. The molecule has 0 unspecified atom stereocenters. The van der Waals surface area contributed by atoms with E-state index in [9.17, 15) is 4.79 Å². The van der Waals surface area contributed by atoms with Gasteiger partial charge in [-0.2, -0.15) is 5.10 Å². The van der Waals surface area contributed by atoms with Gasteiger partial charge >= 0.3 is 5.91 Å². The Morgan fingerprint density at radius 2 is 1.58 bits per heavy atom. The SMILES string of the molecule is CN(C)c1ccc(C=NNC(=O)c2nc(-c3ccccc3)n(-c3ccccc3)n2)cc1. The molecule has 1 heterocycles. The number of nitrogens with one attached hydrogen (secondary N) is 1. The lowest BCUT2D eigenvalue weighted by molar-refractivity contribution is 0.0945. The van der Waals surface area contributed by atoms with E-state index in [-0.39, 0.29) is 5.82 Å². The number of hydrazone groups is 1. The number of nitrogens with zero attached hydrogens (tertiary/aromatic N) is 5. The van der Waals surface area contributed by atoms with Crippen molar-refractivity contribution in [3.05, 3.63) is 96.3 Å². The van der Waals surface area contributed by atoms with Gasteiger partial charge in [0.2, 0.25) is 5.82 Å². The van der Waals surface area contributed by atoms with Crippen LogP contribution in [0.5, 0.6) is 0 Å².